The first-order valence-electron chi connectivity index (χ1n) is 12.2. The van der Waals surface area contributed by atoms with E-state index in [0.717, 1.165) is 57.0 Å². The van der Waals surface area contributed by atoms with Crippen LogP contribution in [0.4, 0.5) is 5.69 Å². The zero-order valence-electron chi connectivity index (χ0n) is 20.1. The minimum atomic E-state index is -0.210. The Kier molecular flexibility index (Phi) is 5.67. The molecule has 5 aromatic carbocycles. The summed E-state index contributed by atoms with van der Waals surface area (Å²) in [5, 5.41) is 0. The molecule has 3 heteroatoms. The summed E-state index contributed by atoms with van der Waals surface area (Å²) in [4.78, 5) is 0. The number of nitrogen functional groups attached to an aromatic ring is 1. The molecule has 3 nitrogen and oxygen atoms in total. The molecular weight excluding hydrogens is 442 g/mol. The summed E-state index contributed by atoms with van der Waals surface area (Å²) in [5.74, 6) is 1.65. The van der Waals surface area contributed by atoms with Crippen molar-refractivity contribution in [1.82, 2.24) is 0 Å². The van der Waals surface area contributed by atoms with Gasteiger partial charge in [0.25, 0.3) is 0 Å². The molecule has 0 saturated heterocycles. The van der Waals surface area contributed by atoms with Crippen LogP contribution in [-0.2, 0) is 6.42 Å². The van der Waals surface area contributed by atoms with E-state index in [9.17, 15) is 0 Å². The van der Waals surface area contributed by atoms with Crippen LogP contribution < -0.4 is 15.2 Å². The highest BCUT2D eigenvalue weighted by Gasteiger charge is 2.30. The predicted molar refractivity (Wildman–Crippen MR) is 146 cm³/mol. The molecule has 1 unspecified atom stereocenters. The Morgan fingerprint density at radius 1 is 0.722 bits per heavy atom. The van der Waals surface area contributed by atoms with Gasteiger partial charge in [0.2, 0.25) is 0 Å². The fourth-order valence-electron chi connectivity index (χ4n) is 5.14. The van der Waals surface area contributed by atoms with Crippen molar-refractivity contribution in [3.63, 3.8) is 0 Å². The lowest BCUT2D eigenvalue weighted by Crippen LogP contribution is -2.16. The average molecular weight is 470 g/mol. The topological polar surface area (TPSA) is 44.5 Å². The summed E-state index contributed by atoms with van der Waals surface area (Å²) in [7, 11) is 1.71. The number of para-hydroxylation sites is 1. The lowest BCUT2D eigenvalue weighted by Gasteiger charge is -2.30. The molecule has 5 aromatic rings. The van der Waals surface area contributed by atoms with Crippen molar-refractivity contribution in [2.75, 3.05) is 12.8 Å². The van der Waals surface area contributed by atoms with Crippen LogP contribution in [0.15, 0.2) is 115 Å². The number of methoxy groups -OCH3 is 1. The van der Waals surface area contributed by atoms with Crippen molar-refractivity contribution in [2.45, 2.75) is 12.5 Å². The Bertz CT molecular complexity index is 1540. The van der Waals surface area contributed by atoms with Gasteiger partial charge in [-0.25, -0.2) is 0 Å². The van der Waals surface area contributed by atoms with Crippen molar-refractivity contribution in [3.05, 3.63) is 138 Å². The SMILES string of the molecule is COc1cccc2c1-c1ccc(-c3ccccc3Cc3ccccc3N)cc1C(c1ccccc1)O2. The van der Waals surface area contributed by atoms with Gasteiger partial charge in [-0.1, -0.05) is 91.0 Å². The van der Waals surface area contributed by atoms with Crippen LogP contribution in [0.1, 0.15) is 28.4 Å². The molecule has 1 aliphatic heterocycles. The van der Waals surface area contributed by atoms with E-state index in [2.05, 4.69) is 72.8 Å². The maximum atomic E-state index is 6.62. The molecular formula is C33H27NO2. The lowest BCUT2D eigenvalue weighted by molar-refractivity contribution is 0.242. The van der Waals surface area contributed by atoms with E-state index < -0.39 is 0 Å². The van der Waals surface area contributed by atoms with Crippen LogP contribution in [-0.4, -0.2) is 7.11 Å². The van der Waals surface area contributed by atoms with Crippen LogP contribution in [0.25, 0.3) is 22.3 Å². The summed E-state index contributed by atoms with van der Waals surface area (Å²) in [5.41, 5.74) is 16.2. The molecule has 6 rings (SSSR count). The van der Waals surface area contributed by atoms with Gasteiger partial charge in [0.05, 0.1) is 12.7 Å². The number of nitrogens with two attached hydrogens (primary N) is 1. The summed E-state index contributed by atoms with van der Waals surface area (Å²) in [6.07, 6.45) is 0.563. The number of rotatable bonds is 5. The molecule has 0 spiro atoms. The molecule has 0 aromatic heterocycles. The van der Waals surface area contributed by atoms with Crippen molar-refractivity contribution in [1.29, 1.82) is 0 Å². The Morgan fingerprint density at radius 3 is 2.28 bits per heavy atom. The van der Waals surface area contributed by atoms with Crippen molar-refractivity contribution < 1.29 is 9.47 Å². The quantitative estimate of drug-likeness (QED) is 0.268. The minimum Gasteiger partial charge on any atom is -0.496 e. The van der Waals surface area contributed by atoms with E-state index in [1.165, 1.54) is 11.1 Å². The van der Waals surface area contributed by atoms with E-state index in [0.29, 0.717) is 0 Å². The second-order valence-corrected chi connectivity index (χ2v) is 9.08. The number of hydrogen-bond acceptors (Lipinski definition) is 3. The monoisotopic (exact) mass is 469 g/mol. The second-order valence-electron chi connectivity index (χ2n) is 9.08. The zero-order chi connectivity index (χ0) is 24.5. The van der Waals surface area contributed by atoms with Gasteiger partial charge in [0, 0.05) is 17.7 Å². The molecule has 2 N–H and O–H groups in total. The second kappa shape index (κ2) is 9.27. The Morgan fingerprint density at radius 2 is 1.47 bits per heavy atom. The third-order valence-electron chi connectivity index (χ3n) is 6.92. The molecule has 0 saturated carbocycles. The van der Waals surface area contributed by atoms with E-state index in [1.54, 1.807) is 7.11 Å². The highest BCUT2D eigenvalue weighted by atomic mass is 16.5. The van der Waals surface area contributed by atoms with Gasteiger partial charge < -0.3 is 15.2 Å². The van der Waals surface area contributed by atoms with Crippen molar-refractivity contribution in [2.24, 2.45) is 0 Å². The Labute approximate surface area is 211 Å². The van der Waals surface area contributed by atoms with Crippen molar-refractivity contribution >= 4 is 5.69 Å². The molecule has 1 aliphatic rings. The van der Waals surface area contributed by atoms with Gasteiger partial charge in [-0.3, -0.25) is 0 Å². The van der Waals surface area contributed by atoms with Crippen LogP contribution in [0, 0.1) is 0 Å². The molecule has 36 heavy (non-hydrogen) atoms. The van der Waals surface area contributed by atoms with Crippen LogP contribution >= 0.6 is 0 Å². The number of hydrogen-bond donors (Lipinski definition) is 1. The van der Waals surface area contributed by atoms with Crippen LogP contribution in [0.2, 0.25) is 0 Å². The molecule has 0 aliphatic carbocycles. The third-order valence-corrected chi connectivity index (χ3v) is 6.92. The Hall–Kier alpha value is -4.50. The summed E-state index contributed by atoms with van der Waals surface area (Å²) < 4.78 is 12.4. The van der Waals surface area contributed by atoms with E-state index >= 15 is 0 Å². The molecule has 0 fully saturated rings. The van der Waals surface area contributed by atoms with E-state index in [1.807, 2.05) is 42.5 Å². The highest BCUT2D eigenvalue weighted by Crippen LogP contribution is 2.49. The number of fused-ring (bicyclic) bond motifs is 3. The van der Waals surface area contributed by atoms with Gasteiger partial charge in [-0.05, 0) is 57.6 Å². The molecule has 0 bridgehead atoms. The number of ether oxygens (including phenoxy) is 2. The fourth-order valence-corrected chi connectivity index (χ4v) is 5.14. The zero-order valence-corrected chi connectivity index (χ0v) is 20.1. The van der Waals surface area contributed by atoms with Gasteiger partial charge in [0.15, 0.2) is 0 Å². The van der Waals surface area contributed by atoms with Crippen LogP contribution in [0.5, 0.6) is 11.5 Å². The van der Waals surface area contributed by atoms with Gasteiger partial charge in [-0.2, -0.15) is 0 Å². The summed E-state index contributed by atoms with van der Waals surface area (Å²) >= 11 is 0. The normalized spacial score (nSPS) is 13.9. The first-order chi connectivity index (χ1) is 17.7. The fraction of sp³-hybridized carbons (Fsp3) is 0.0909. The van der Waals surface area contributed by atoms with E-state index in [4.69, 9.17) is 15.2 Å². The minimum absolute atomic E-state index is 0.210. The number of benzene rings is 5. The first kappa shape index (κ1) is 22.0. The molecule has 0 radical (unpaired) electrons. The maximum Gasteiger partial charge on any atom is 0.149 e. The molecule has 176 valence electrons. The third kappa shape index (κ3) is 3.89. The van der Waals surface area contributed by atoms with Gasteiger partial charge in [0.1, 0.15) is 17.6 Å². The largest absolute Gasteiger partial charge is 0.496 e. The van der Waals surface area contributed by atoms with Crippen LogP contribution in [0.3, 0.4) is 0 Å². The maximum absolute atomic E-state index is 6.62. The smallest absolute Gasteiger partial charge is 0.149 e. The van der Waals surface area contributed by atoms with Gasteiger partial charge >= 0.3 is 0 Å². The lowest BCUT2D eigenvalue weighted by atomic mass is 9.85. The van der Waals surface area contributed by atoms with Gasteiger partial charge in [-0.15, -0.1) is 0 Å². The summed E-state index contributed by atoms with van der Waals surface area (Å²) in [6, 6.07) is 39.7. The Balaban J connectivity index is 1.51. The molecule has 0 amide bonds. The molecule has 1 atom stereocenters. The molecule has 1 heterocycles. The summed E-state index contributed by atoms with van der Waals surface area (Å²) in [6.45, 7) is 0. The standard InChI is InChI=1S/C33H27NO2/c1-35-30-16-9-17-31-32(30)27-19-18-24(21-28(27)33(36-31)22-10-3-2-4-11-22)26-14-7-5-12-23(26)20-25-13-6-8-15-29(25)34/h2-19,21,33H,20,34H2,1H3. The average Bonchev–Trinajstić information content (AvgIpc) is 2.94. The highest BCUT2D eigenvalue weighted by molar-refractivity contribution is 5.84. The predicted octanol–water partition coefficient (Wildman–Crippen LogP) is 7.68. The van der Waals surface area contributed by atoms with Crippen molar-refractivity contribution in [3.8, 4) is 33.8 Å². The first-order valence-corrected chi connectivity index (χ1v) is 12.2. The van der Waals surface area contributed by atoms with E-state index in [-0.39, 0.29) is 6.10 Å². The number of anilines is 1.